The van der Waals surface area contributed by atoms with Crippen LogP contribution in [0.1, 0.15) is 5.56 Å². The SMILES string of the molecule is O=C(O)/C=C/c1cccc(-c2cnc(Nc3ccc(F)c(Br)c3)nc2N2CCOCC2)c1. The molecule has 1 aliphatic rings. The predicted octanol–water partition coefficient (Wildman–Crippen LogP) is 4.72. The number of nitrogens with zero attached hydrogens (tertiary/aromatic N) is 3. The summed E-state index contributed by atoms with van der Waals surface area (Å²) in [4.78, 5) is 22.2. The number of ether oxygens (including phenoxy) is 1. The van der Waals surface area contributed by atoms with E-state index in [4.69, 9.17) is 14.8 Å². The number of nitrogens with one attached hydrogen (secondary N) is 1. The average Bonchev–Trinajstić information content (AvgIpc) is 2.81. The van der Waals surface area contributed by atoms with Gasteiger partial charge in [0.05, 0.1) is 17.7 Å². The van der Waals surface area contributed by atoms with Gasteiger partial charge in [-0.15, -0.1) is 0 Å². The molecule has 164 valence electrons. The lowest BCUT2D eigenvalue weighted by atomic mass is 10.0. The number of aromatic nitrogens is 2. The van der Waals surface area contributed by atoms with Crippen molar-refractivity contribution < 1.29 is 19.0 Å². The van der Waals surface area contributed by atoms with Gasteiger partial charge in [0.2, 0.25) is 5.95 Å². The number of rotatable bonds is 6. The summed E-state index contributed by atoms with van der Waals surface area (Å²) in [5.41, 5.74) is 3.11. The van der Waals surface area contributed by atoms with Crippen molar-refractivity contribution in [1.82, 2.24) is 9.97 Å². The predicted molar refractivity (Wildman–Crippen MR) is 125 cm³/mol. The molecule has 1 fully saturated rings. The smallest absolute Gasteiger partial charge is 0.328 e. The molecule has 7 nitrogen and oxygen atoms in total. The van der Waals surface area contributed by atoms with Gasteiger partial charge in [0.25, 0.3) is 0 Å². The number of anilines is 3. The van der Waals surface area contributed by atoms with Gasteiger partial charge in [0.15, 0.2) is 0 Å². The van der Waals surface area contributed by atoms with Gasteiger partial charge in [-0.3, -0.25) is 0 Å². The van der Waals surface area contributed by atoms with Crippen LogP contribution in [0.4, 0.5) is 21.8 Å². The van der Waals surface area contributed by atoms with E-state index in [1.165, 1.54) is 6.07 Å². The van der Waals surface area contributed by atoms with Crippen molar-refractivity contribution in [3.8, 4) is 11.1 Å². The zero-order valence-corrected chi connectivity index (χ0v) is 18.5. The van der Waals surface area contributed by atoms with Crippen molar-refractivity contribution in [2.24, 2.45) is 0 Å². The van der Waals surface area contributed by atoms with Crippen LogP contribution in [0.2, 0.25) is 0 Å². The fourth-order valence-corrected chi connectivity index (χ4v) is 3.71. The molecule has 0 radical (unpaired) electrons. The largest absolute Gasteiger partial charge is 0.478 e. The van der Waals surface area contributed by atoms with E-state index in [0.717, 1.165) is 28.6 Å². The van der Waals surface area contributed by atoms with E-state index in [0.29, 0.717) is 42.4 Å². The molecule has 0 bridgehead atoms. The number of carbonyl (C=O) groups is 1. The summed E-state index contributed by atoms with van der Waals surface area (Å²) in [6.07, 6.45) is 4.38. The van der Waals surface area contributed by atoms with Crippen LogP contribution >= 0.6 is 15.9 Å². The minimum atomic E-state index is -1.00. The first-order valence-corrected chi connectivity index (χ1v) is 10.7. The first-order chi connectivity index (χ1) is 15.5. The minimum absolute atomic E-state index is 0.346. The second kappa shape index (κ2) is 9.88. The number of benzene rings is 2. The summed E-state index contributed by atoms with van der Waals surface area (Å²) in [6, 6.07) is 12.1. The van der Waals surface area contributed by atoms with Crippen molar-refractivity contribution >= 4 is 45.4 Å². The number of hydrogen-bond donors (Lipinski definition) is 2. The molecule has 1 aliphatic heterocycles. The average molecular weight is 499 g/mol. The summed E-state index contributed by atoms with van der Waals surface area (Å²) >= 11 is 3.19. The van der Waals surface area contributed by atoms with Gasteiger partial charge in [-0.25, -0.2) is 14.2 Å². The molecule has 4 rings (SSSR count). The van der Waals surface area contributed by atoms with Crippen LogP contribution in [-0.2, 0) is 9.53 Å². The Labute approximate surface area is 192 Å². The maximum absolute atomic E-state index is 13.6. The Morgan fingerprint density at radius 2 is 2.03 bits per heavy atom. The van der Waals surface area contributed by atoms with Crippen molar-refractivity contribution in [3.63, 3.8) is 0 Å². The monoisotopic (exact) mass is 498 g/mol. The highest BCUT2D eigenvalue weighted by Gasteiger charge is 2.19. The molecule has 1 saturated heterocycles. The summed E-state index contributed by atoms with van der Waals surface area (Å²) in [5, 5.41) is 12.0. The molecular formula is C23H20BrFN4O3. The van der Waals surface area contributed by atoms with E-state index < -0.39 is 5.97 Å². The topological polar surface area (TPSA) is 87.6 Å². The van der Waals surface area contributed by atoms with Crippen LogP contribution in [0.15, 0.2) is 59.2 Å². The molecule has 1 aromatic heterocycles. The van der Waals surface area contributed by atoms with E-state index in [2.05, 4.69) is 31.1 Å². The molecule has 2 aromatic carbocycles. The summed E-state index contributed by atoms with van der Waals surface area (Å²) in [5.74, 6) is -0.227. The highest BCUT2D eigenvalue weighted by molar-refractivity contribution is 9.10. The standard InChI is InChI=1S/C23H20BrFN4O3/c24-19-13-17(5-6-20(19)25)27-23-26-14-18(22(28-23)29-8-10-32-11-9-29)16-3-1-2-15(12-16)4-7-21(30)31/h1-7,12-14H,8-11H2,(H,30,31)(H,26,27,28)/b7-4+. The van der Waals surface area contributed by atoms with Crippen LogP contribution in [0.25, 0.3) is 17.2 Å². The van der Waals surface area contributed by atoms with E-state index in [9.17, 15) is 9.18 Å². The number of morpholine rings is 1. The van der Waals surface area contributed by atoms with Gasteiger partial charge in [0.1, 0.15) is 11.6 Å². The van der Waals surface area contributed by atoms with Gasteiger partial charge in [-0.2, -0.15) is 4.98 Å². The maximum atomic E-state index is 13.6. The number of carboxylic acid groups (broad SMARTS) is 1. The number of hydrogen-bond acceptors (Lipinski definition) is 6. The second-order valence-electron chi connectivity index (χ2n) is 7.08. The van der Waals surface area contributed by atoms with Crippen molar-refractivity contribution in [2.45, 2.75) is 0 Å². The van der Waals surface area contributed by atoms with Gasteiger partial charge < -0.3 is 20.1 Å². The molecule has 3 aromatic rings. The van der Waals surface area contributed by atoms with Crippen LogP contribution in [0, 0.1) is 5.82 Å². The zero-order valence-electron chi connectivity index (χ0n) is 17.0. The van der Waals surface area contributed by atoms with Crippen LogP contribution in [-0.4, -0.2) is 47.3 Å². The fraction of sp³-hybridized carbons (Fsp3) is 0.174. The van der Waals surface area contributed by atoms with Crippen molar-refractivity contribution in [1.29, 1.82) is 0 Å². The highest BCUT2D eigenvalue weighted by Crippen LogP contribution is 2.32. The molecule has 2 N–H and O–H groups in total. The van der Waals surface area contributed by atoms with Crippen molar-refractivity contribution in [3.05, 3.63) is 70.6 Å². The third kappa shape index (κ3) is 5.30. The Hall–Kier alpha value is -3.30. The van der Waals surface area contributed by atoms with E-state index in [1.807, 2.05) is 24.3 Å². The molecule has 0 saturated carbocycles. The lowest BCUT2D eigenvalue weighted by Gasteiger charge is -2.29. The first kappa shape index (κ1) is 21.9. The third-order valence-corrected chi connectivity index (χ3v) is 5.48. The van der Waals surface area contributed by atoms with Crippen LogP contribution in [0.5, 0.6) is 0 Å². The molecule has 2 heterocycles. The van der Waals surface area contributed by atoms with Gasteiger partial charge in [-0.05, 0) is 57.4 Å². The Morgan fingerprint density at radius 1 is 1.22 bits per heavy atom. The zero-order chi connectivity index (χ0) is 22.5. The van der Waals surface area contributed by atoms with Crippen LogP contribution in [0.3, 0.4) is 0 Å². The first-order valence-electron chi connectivity index (χ1n) is 9.93. The highest BCUT2D eigenvalue weighted by atomic mass is 79.9. The van der Waals surface area contributed by atoms with E-state index in [-0.39, 0.29) is 5.82 Å². The summed E-state index contributed by atoms with van der Waals surface area (Å²) in [7, 11) is 0. The number of aliphatic carboxylic acids is 1. The Kier molecular flexibility index (Phi) is 6.77. The quantitative estimate of drug-likeness (QED) is 0.475. The molecular weight excluding hydrogens is 479 g/mol. The van der Waals surface area contributed by atoms with Crippen molar-refractivity contribution in [2.75, 3.05) is 36.5 Å². The molecule has 0 spiro atoms. The maximum Gasteiger partial charge on any atom is 0.328 e. The molecule has 0 unspecified atom stereocenters. The van der Waals surface area contributed by atoms with Gasteiger partial charge in [0, 0.05) is 36.6 Å². The lowest BCUT2D eigenvalue weighted by Crippen LogP contribution is -2.37. The molecule has 0 atom stereocenters. The molecule has 9 heteroatoms. The Bertz CT molecular complexity index is 1170. The summed E-state index contributed by atoms with van der Waals surface area (Å²) < 4.78 is 19.4. The second-order valence-corrected chi connectivity index (χ2v) is 7.94. The lowest BCUT2D eigenvalue weighted by molar-refractivity contribution is -0.131. The third-order valence-electron chi connectivity index (χ3n) is 4.87. The number of halogens is 2. The molecule has 0 aliphatic carbocycles. The number of carboxylic acids is 1. The van der Waals surface area contributed by atoms with Gasteiger partial charge >= 0.3 is 5.97 Å². The minimum Gasteiger partial charge on any atom is -0.478 e. The van der Waals surface area contributed by atoms with E-state index >= 15 is 0 Å². The summed E-state index contributed by atoms with van der Waals surface area (Å²) in [6.45, 7) is 2.56. The van der Waals surface area contributed by atoms with Crippen LogP contribution < -0.4 is 10.2 Å². The Balaban J connectivity index is 1.71. The molecule has 0 amide bonds. The fourth-order valence-electron chi connectivity index (χ4n) is 3.33. The Morgan fingerprint density at radius 3 is 2.78 bits per heavy atom. The van der Waals surface area contributed by atoms with Gasteiger partial charge in [-0.1, -0.05) is 18.2 Å². The van der Waals surface area contributed by atoms with E-state index in [1.54, 1.807) is 24.4 Å². The normalized spacial score (nSPS) is 14.0. The molecule has 32 heavy (non-hydrogen) atoms.